The van der Waals surface area contributed by atoms with Crippen molar-refractivity contribution < 1.29 is 4.79 Å². The number of carbonyl (C=O) groups is 1. The van der Waals surface area contributed by atoms with Crippen LogP contribution in [0, 0.1) is 11.3 Å². The highest BCUT2D eigenvalue weighted by Gasteiger charge is 2.32. The monoisotopic (exact) mass is 486 g/mol. The van der Waals surface area contributed by atoms with E-state index in [1.807, 2.05) is 37.3 Å². The summed E-state index contributed by atoms with van der Waals surface area (Å²) >= 11 is 6.08. The summed E-state index contributed by atoms with van der Waals surface area (Å²) in [6.07, 6.45) is 1.53. The van der Waals surface area contributed by atoms with Crippen molar-refractivity contribution in [2.24, 2.45) is 0 Å². The molecule has 3 heterocycles. The summed E-state index contributed by atoms with van der Waals surface area (Å²) in [5.74, 6) is 0.519. The van der Waals surface area contributed by atoms with Crippen molar-refractivity contribution in [1.82, 2.24) is 19.6 Å². The third kappa shape index (κ3) is 4.87. The van der Waals surface area contributed by atoms with Crippen molar-refractivity contribution in [3.05, 3.63) is 88.1 Å². The fraction of sp³-hybridized carbons (Fsp3) is 0.296. The summed E-state index contributed by atoms with van der Waals surface area (Å²) in [5, 5.41) is 14.9. The van der Waals surface area contributed by atoms with E-state index in [2.05, 4.69) is 45.2 Å². The van der Waals surface area contributed by atoms with Crippen molar-refractivity contribution in [3.63, 3.8) is 0 Å². The SMILES string of the molecule is CC1=C(c2ccc(Cl)cc2)n2ncc(C#N)c2N(C(=O)CN2CCN(Cc3ccccc3)CC2)C1. The molecule has 0 saturated carbocycles. The van der Waals surface area contributed by atoms with Gasteiger partial charge in [-0.05, 0) is 30.2 Å². The summed E-state index contributed by atoms with van der Waals surface area (Å²) in [7, 11) is 0. The van der Waals surface area contributed by atoms with Crippen LogP contribution in [0.15, 0.2) is 66.4 Å². The van der Waals surface area contributed by atoms with Gasteiger partial charge in [-0.15, -0.1) is 0 Å². The molecule has 2 aliphatic rings. The minimum atomic E-state index is -0.0192. The summed E-state index contributed by atoms with van der Waals surface area (Å²) < 4.78 is 1.72. The second kappa shape index (κ2) is 10.0. The van der Waals surface area contributed by atoms with Crippen LogP contribution in [0.1, 0.15) is 23.6 Å². The molecule has 0 aliphatic carbocycles. The van der Waals surface area contributed by atoms with Crippen LogP contribution in [0.25, 0.3) is 5.70 Å². The van der Waals surface area contributed by atoms with Crippen LogP contribution >= 0.6 is 11.6 Å². The van der Waals surface area contributed by atoms with Crippen LogP contribution in [-0.4, -0.2) is 64.8 Å². The number of fused-ring (bicyclic) bond motifs is 1. The third-order valence-corrected chi connectivity index (χ3v) is 6.87. The number of benzene rings is 2. The van der Waals surface area contributed by atoms with E-state index in [1.54, 1.807) is 9.58 Å². The fourth-order valence-corrected chi connectivity index (χ4v) is 4.94. The van der Waals surface area contributed by atoms with Crippen molar-refractivity contribution in [1.29, 1.82) is 5.26 Å². The van der Waals surface area contributed by atoms with Crippen LogP contribution in [0.2, 0.25) is 5.02 Å². The molecule has 0 radical (unpaired) electrons. The zero-order valence-corrected chi connectivity index (χ0v) is 20.4. The molecular weight excluding hydrogens is 460 g/mol. The van der Waals surface area contributed by atoms with Gasteiger partial charge < -0.3 is 0 Å². The topological polar surface area (TPSA) is 68.4 Å². The molecule has 0 spiro atoms. The Morgan fingerprint density at radius 2 is 1.71 bits per heavy atom. The number of halogens is 1. The van der Waals surface area contributed by atoms with Gasteiger partial charge in [0.2, 0.25) is 5.91 Å². The molecular formula is C27H27ClN6O. The quantitative estimate of drug-likeness (QED) is 0.548. The average Bonchev–Trinajstić information content (AvgIpc) is 3.30. The van der Waals surface area contributed by atoms with Gasteiger partial charge in [0.05, 0.1) is 25.0 Å². The Kier molecular flexibility index (Phi) is 6.69. The molecule has 5 rings (SSSR count). The second-order valence-corrected chi connectivity index (χ2v) is 9.50. The van der Waals surface area contributed by atoms with Gasteiger partial charge in [-0.2, -0.15) is 10.4 Å². The van der Waals surface area contributed by atoms with Gasteiger partial charge in [0.25, 0.3) is 0 Å². The molecule has 1 fully saturated rings. The van der Waals surface area contributed by atoms with Crippen molar-refractivity contribution in [2.75, 3.05) is 44.2 Å². The predicted octanol–water partition coefficient (Wildman–Crippen LogP) is 3.85. The Labute approximate surface area is 210 Å². The van der Waals surface area contributed by atoms with E-state index in [0.29, 0.717) is 29.5 Å². The van der Waals surface area contributed by atoms with E-state index in [0.717, 1.165) is 49.6 Å². The van der Waals surface area contributed by atoms with Gasteiger partial charge in [-0.1, -0.05) is 54.1 Å². The normalized spacial score (nSPS) is 16.8. The van der Waals surface area contributed by atoms with Gasteiger partial charge in [0.1, 0.15) is 11.6 Å². The highest BCUT2D eigenvalue weighted by atomic mass is 35.5. The van der Waals surface area contributed by atoms with E-state index < -0.39 is 0 Å². The van der Waals surface area contributed by atoms with Gasteiger partial charge in [0.15, 0.2) is 5.82 Å². The summed E-state index contributed by atoms with van der Waals surface area (Å²) in [5.41, 5.74) is 4.54. The Bertz CT molecular complexity index is 1280. The van der Waals surface area contributed by atoms with Crippen LogP contribution < -0.4 is 4.90 Å². The lowest BCUT2D eigenvalue weighted by atomic mass is 10.0. The summed E-state index contributed by atoms with van der Waals surface area (Å²) in [6, 6.07) is 20.2. The number of nitrogens with zero attached hydrogens (tertiary/aromatic N) is 6. The first-order valence-electron chi connectivity index (χ1n) is 11.8. The Hall–Kier alpha value is -3.44. The minimum absolute atomic E-state index is 0.0192. The predicted molar refractivity (Wildman–Crippen MR) is 137 cm³/mol. The van der Waals surface area contributed by atoms with Crippen LogP contribution in [-0.2, 0) is 11.3 Å². The minimum Gasteiger partial charge on any atom is -0.297 e. The fourth-order valence-electron chi connectivity index (χ4n) is 4.82. The highest BCUT2D eigenvalue weighted by Crippen LogP contribution is 2.34. The highest BCUT2D eigenvalue weighted by molar-refractivity contribution is 6.30. The Balaban J connectivity index is 1.30. The molecule has 3 aromatic rings. The number of rotatable bonds is 5. The van der Waals surface area contributed by atoms with Crippen molar-refractivity contribution in [2.45, 2.75) is 13.5 Å². The molecule has 0 N–H and O–H groups in total. The van der Waals surface area contributed by atoms with Crippen molar-refractivity contribution >= 4 is 29.0 Å². The van der Waals surface area contributed by atoms with Gasteiger partial charge in [-0.3, -0.25) is 19.5 Å². The first-order valence-corrected chi connectivity index (χ1v) is 12.1. The number of piperazine rings is 1. The largest absolute Gasteiger partial charge is 0.297 e. The molecule has 1 aromatic heterocycles. The first kappa shape index (κ1) is 23.3. The Morgan fingerprint density at radius 3 is 2.40 bits per heavy atom. The maximum atomic E-state index is 13.5. The lowest BCUT2D eigenvalue weighted by molar-refractivity contribution is -0.120. The zero-order valence-electron chi connectivity index (χ0n) is 19.7. The van der Waals surface area contributed by atoms with Crippen LogP contribution in [0.5, 0.6) is 0 Å². The number of carbonyl (C=O) groups excluding carboxylic acids is 1. The molecule has 178 valence electrons. The second-order valence-electron chi connectivity index (χ2n) is 9.06. The van der Waals surface area contributed by atoms with Crippen LogP contribution in [0.4, 0.5) is 5.82 Å². The van der Waals surface area contributed by atoms with Gasteiger partial charge in [-0.25, -0.2) is 4.68 Å². The number of anilines is 1. The molecule has 0 bridgehead atoms. The zero-order chi connectivity index (χ0) is 24.4. The first-order chi connectivity index (χ1) is 17.0. The average molecular weight is 487 g/mol. The molecule has 7 nitrogen and oxygen atoms in total. The molecule has 0 atom stereocenters. The number of hydrogen-bond donors (Lipinski definition) is 0. The summed E-state index contributed by atoms with van der Waals surface area (Å²) in [4.78, 5) is 19.8. The van der Waals surface area contributed by atoms with Gasteiger partial charge >= 0.3 is 0 Å². The number of nitriles is 1. The van der Waals surface area contributed by atoms with E-state index in [4.69, 9.17) is 11.6 Å². The smallest absolute Gasteiger partial charge is 0.242 e. The third-order valence-electron chi connectivity index (χ3n) is 6.62. The number of amides is 1. The lowest BCUT2D eigenvalue weighted by Gasteiger charge is -2.36. The molecule has 35 heavy (non-hydrogen) atoms. The summed E-state index contributed by atoms with van der Waals surface area (Å²) in [6.45, 7) is 7.18. The van der Waals surface area contributed by atoms with E-state index in [1.165, 1.54) is 11.8 Å². The van der Waals surface area contributed by atoms with Crippen molar-refractivity contribution in [3.8, 4) is 6.07 Å². The lowest BCUT2D eigenvalue weighted by Crippen LogP contribution is -2.50. The number of aromatic nitrogens is 2. The van der Waals surface area contributed by atoms with Gasteiger partial charge in [0, 0.05) is 43.3 Å². The molecule has 2 aliphatic heterocycles. The maximum Gasteiger partial charge on any atom is 0.242 e. The Morgan fingerprint density at radius 1 is 1.03 bits per heavy atom. The molecule has 1 saturated heterocycles. The van der Waals surface area contributed by atoms with E-state index in [9.17, 15) is 10.1 Å². The molecule has 2 aromatic carbocycles. The van der Waals surface area contributed by atoms with E-state index in [-0.39, 0.29) is 5.91 Å². The molecule has 1 amide bonds. The van der Waals surface area contributed by atoms with E-state index >= 15 is 0 Å². The standard InChI is InChI=1S/C27H27ClN6O/c1-20-17-33(25(35)19-32-13-11-31(12-14-32)18-21-5-3-2-4-6-21)27-23(15-29)16-30-34(27)26(20)22-7-9-24(28)10-8-22/h2-10,16H,11-14,17-19H2,1H3. The van der Waals surface area contributed by atoms with Crippen LogP contribution in [0.3, 0.4) is 0 Å². The molecule has 8 heteroatoms. The molecule has 0 unspecified atom stereocenters. The maximum absolute atomic E-state index is 13.5. The number of hydrogen-bond acceptors (Lipinski definition) is 5.